The lowest BCUT2D eigenvalue weighted by Gasteiger charge is -2.23. The second-order valence-corrected chi connectivity index (χ2v) is 11.1. The van der Waals surface area contributed by atoms with Crippen molar-refractivity contribution in [1.82, 2.24) is 0 Å². The Kier molecular flexibility index (Phi) is 11.0. The Morgan fingerprint density at radius 1 is 0.511 bits per heavy atom. The van der Waals surface area contributed by atoms with Crippen molar-refractivity contribution in [2.75, 3.05) is 56.9 Å². The minimum Gasteiger partial charge on any atom is -0.493 e. The molecule has 0 aromatic heterocycles. The molecule has 1 fully saturated rings. The number of rotatable bonds is 14. The normalized spacial score (nSPS) is 19.8. The molecular formula is C35H46O10. The van der Waals surface area contributed by atoms with Crippen LogP contribution in [0.3, 0.4) is 0 Å². The maximum Gasteiger partial charge on any atom is 0.203 e. The third kappa shape index (κ3) is 6.76. The molecule has 1 heterocycles. The molecule has 45 heavy (non-hydrogen) atoms. The van der Waals surface area contributed by atoms with Gasteiger partial charge in [-0.15, -0.1) is 0 Å². The van der Waals surface area contributed by atoms with Crippen LogP contribution < -0.4 is 42.6 Å². The summed E-state index contributed by atoms with van der Waals surface area (Å²) in [6.07, 6.45) is -0.100. The maximum atomic E-state index is 6.75. The van der Waals surface area contributed by atoms with Crippen molar-refractivity contribution in [3.63, 3.8) is 0 Å². The van der Waals surface area contributed by atoms with Crippen LogP contribution in [0.25, 0.3) is 0 Å². The molecule has 5 atom stereocenters. The summed E-state index contributed by atoms with van der Waals surface area (Å²) in [4.78, 5) is 0. The predicted molar refractivity (Wildman–Crippen MR) is 170 cm³/mol. The topological polar surface area (TPSA) is 92.3 Å². The molecule has 1 saturated heterocycles. The van der Waals surface area contributed by atoms with Gasteiger partial charge in [-0.1, -0.05) is 13.8 Å². The highest BCUT2D eigenvalue weighted by atomic mass is 16.6. The fourth-order valence-electron chi connectivity index (χ4n) is 6.00. The Morgan fingerprint density at radius 2 is 0.844 bits per heavy atom. The molecule has 10 heteroatoms. The first-order valence-electron chi connectivity index (χ1n) is 14.8. The number of hydrogen-bond acceptors (Lipinski definition) is 10. The van der Waals surface area contributed by atoms with Gasteiger partial charge in [-0.25, -0.2) is 0 Å². The second-order valence-electron chi connectivity index (χ2n) is 11.1. The van der Waals surface area contributed by atoms with Gasteiger partial charge in [0.05, 0.1) is 69.1 Å². The van der Waals surface area contributed by atoms with E-state index in [0.717, 1.165) is 16.7 Å². The molecule has 0 amide bonds. The van der Waals surface area contributed by atoms with Crippen LogP contribution in [0.15, 0.2) is 36.4 Å². The molecule has 0 N–H and O–H groups in total. The van der Waals surface area contributed by atoms with Crippen LogP contribution in [0.4, 0.5) is 0 Å². The van der Waals surface area contributed by atoms with E-state index < -0.39 is 0 Å². The van der Waals surface area contributed by atoms with E-state index in [0.29, 0.717) is 58.2 Å². The fourth-order valence-corrected chi connectivity index (χ4v) is 6.00. The van der Waals surface area contributed by atoms with Gasteiger partial charge in [0.15, 0.2) is 34.5 Å². The lowest BCUT2D eigenvalue weighted by molar-refractivity contribution is 0.0285. The number of methoxy groups -OCH3 is 8. The van der Waals surface area contributed by atoms with Gasteiger partial charge in [0, 0.05) is 6.42 Å². The first-order valence-corrected chi connectivity index (χ1v) is 14.8. The Morgan fingerprint density at radius 3 is 1.18 bits per heavy atom. The van der Waals surface area contributed by atoms with Crippen LogP contribution >= 0.6 is 0 Å². The summed E-state index contributed by atoms with van der Waals surface area (Å²) in [5.74, 6) is 5.42. The highest BCUT2D eigenvalue weighted by Crippen LogP contribution is 2.53. The first kappa shape index (κ1) is 33.7. The van der Waals surface area contributed by atoms with E-state index >= 15 is 0 Å². The standard InChI is InChI=1S/C35H46O10/c1-19(12-22-13-25(36-4)33(42-10)26(14-22)37-5)44-35-29(40-8)17-24(18-30(35)41-9)32-21(3)20(2)31(45-32)23-15-27(38-6)34(43-11)28(16-23)39-7/h13-21,31-32H,12H2,1-11H3/t19-,20-,21+,31-,32-/m0/s1. The summed E-state index contributed by atoms with van der Waals surface area (Å²) in [6, 6.07) is 11.7. The van der Waals surface area contributed by atoms with Crippen molar-refractivity contribution < 1.29 is 47.4 Å². The lowest BCUT2D eigenvalue weighted by atomic mass is 9.85. The summed E-state index contributed by atoms with van der Waals surface area (Å²) in [5, 5.41) is 0. The molecule has 4 rings (SSSR count). The molecule has 0 aliphatic carbocycles. The quantitative estimate of drug-likeness (QED) is 0.189. The molecule has 0 unspecified atom stereocenters. The first-order chi connectivity index (χ1) is 21.7. The summed E-state index contributed by atoms with van der Waals surface area (Å²) >= 11 is 0. The van der Waals surface area contributed by atoms with E-state index in [-0.39, 0.29) is 30.1 Å². The monoisotopic (exact) mass is 626 g/mol. The van der Waals surface area contributed by atoms with E-state index in [4.69, 9.17) is 47.4 Å². The van der Waals surface area contributed by atoms with Crippen molar-refractivity contribution in [3.05, 3.63) is 53.1 Å². The molecule has 0 spiro atoms. The molecule has 10 nitrogen and oxygen atoms in total. The van der Waals surface area contributed by atoms with Crippen molar-refractivity contribution in [2.45, 2.75) is 45.5 Å². The van der Waals surface area contributed by atoms with Gasteiger partial charge < -0.3 is 47.4 Å². The van der Waals surface area contributed by atoms with Crippen molar-refractivity contribution >= 4 is 0 Å². The molecule has 0 bridgehead atoms. The van der Waals surface area contributed by atoms with Gasteiger partial charge in [-0.05, 0) is 71.8 Å². The molecule has 0 radical (unpaired) electrons. The Hall–Kier alpha value is -4.18. The average Bonchev–Trinajstić information content (AvgIpc) is 3.36. The molecule has 3 aromatic carbocycles. The Bertz CT molecular complexity index is 1380. The zero-order valence-electron chi connectivity index (χ0n) is 28.1. The highest BCUT2D eigenvalue weighted by Gasteiger charge is 2.42. The van der Waals surface area contributed by atoms with Gasteiger partial charge in [-0.2, -0.15) is 0 Å². The van der Waals surface area contributed by atoms with E-state index in [2.05, 4.69) is 13.8 Å². The van der Waals surface area contributed by atoms with Crippen LogP contribution in [-0.2, 0) is 11.2 Å². The van der Waals surface area contributed by atoms with Gasteiger partial charge >= 0.3 is 0 Å². The second kappa shape index (κ2) is 14.7. The number of hydrogen-bond donors (Lipinski definition) is 0. The van der Waals surface area contributed by atoms with Crippen LogP contribution in [0, 0.1) is 11.8 Å². The summed E-state index contributed by atoms with van der Waals surface area (Å²) < 4.78 is 58.1. The Balaban J connectivity index is 1.61. The van der Waals surface area contributed by atoms with Gasteiger partial charge in [0.1, 0.15) is 6.10 Å². The van der Waals surface area contributed by atoms with E-state index in [1.54, 1.807) is 56.9 Å². The van der Waals surface area contributed by atoms with Crippen LogP contribution in [-0.4, -0.2) is 63.0 Å². The average molecular weight is 627 g/mol. The van der Waals surface area contributed by atoms with Crippen LogP contribution in [0.1, 0.15) is 49.7 Å². The molecule has 1 aliphatic heterocycles. The molecule has 246 valence electrons. The van der Waals surface area contributed by atoms with Crippen molar-refractivity contribution in [3.8, 4) is 51.7 Å². The van der Waals surface area contributed by atoms with E-state index in [1.807, 2.05) is 43.3 Å². The maximum absolute atomic E-state index is 6.75. The summed E-state index contributed by atoms with van der Waals surface area (Å²) in [7, 11) is 12.8. The van der Waals surface area contributed by atoms with Gasteiger partial charge in [0.25, 0.3) is 0 Å². The lowest BCUT2D eigenvalue weighted by Crippen LogP contribution is -2.17. The largest absolute Gasteiger partial charge is 0.493 e. The smallest absolute Gasteiger partial charge is 0.203 e. The number of benzene rings is 3. The minimum atomic E-state index is -0.243. The minimum absolute atomic E-state index is 0.175. The van der Waals surface area contributed by atoms with Gasteiger partial charge in [-0.3, -0.25) is 0 Å². The fraction of sp³-hybridized carbons (Fsp3) is 0.486. The van der Waals surface area contributed by atoms with Crippen LogP contribution in [0.2, 0.25) is 0 Å². The zero-order chi connectivity index (χ0) is 32.8. The predicted octanol–water partition coefficient (Wildman–Crippen LogP) is 6.85. The third-order valence-corrected chi connectivity index (χ3v) is 8.47. The molecule has 1 aliphatic rings. The number of ether oxygens (including phenoxy) is 10. The SMILES string of the molecule is COc1cc(C[C@H](C)Oc2c(OC)cc([C@H]3O[C@H](c4cc(OC)c(OC)c(OC)c4)[C@@H](C)[C@H]3C)cc2OC)cc(OC)c1OC. The zero-order valence-corrected chi connectivity index (χ0v) is 28.1. The van der Waals surface area contributed by atoms with Crippen molar-refractivity contribution in [1.29, 1.82) is 0 Å². The van der Waals surface area contributed by atoms with Crippen molar-refractivity contribution in [2.24, 2.45) is 11.8 Å². The third-order valence-electron chi connectivity index (χ3n) is 8.47. The van der Waals surface area contributed by atoms with E-state index in [9.17, 15) is 0 Å². The van der Waals surface area contributed by atoms with E-state index in [1.165, 1.54) is 0 Å². The summed E-state index contributed by atoms with van der Waals surface area (Å²) in [5.41, 5.74) is 2.85. The molecular weight excluding hydrogens is 580 g/mol. The summed E-state index contributed by atoms with van der Waals surface area (Å²) in [6.45, 7) is 6.37. The Labute approximate surface area is 266 Å². The highest BCUT2D eigenvalue weighted by molar-refractivity contribution is 5.57. The molecule has 0 saturated carbocycles. The van der Waals surface area contributed by atoms with Crippen LogP contribution in [0.5, 0.6) is 51.7 Å². The van der Waals surface area contributed by atoms with Gasteiger partial charge in [0.2, 0.25) is 17.2 Å². The molecule has 3 aromatic rings.